The normalized spacial score (nSPS) is 15.1. The summed E-state index contributed by atoms with van der Waals surface area (Å²) in [4.78, 5) is 0. The van der Waals surface area contributed by atoms with Crippen LogP contribution in [-0.2, 0) is 10.1 Å². The molecule has 8 heteroatoms. The fourth-order valence-corrected chi connectivity index (χ4v) is 1.73. The summed E-state index contributed by atoms with van der Waals surface area (Å²) >= 11 is 0. The van der Waals surface area contributed by atoms with Crippen LogP contribution in [0.4, 0.5) is 0 Å². The molecule has 0 saturated heterocycles. The van der Waals surface area contributed by atoms with Crippen LogP contribution in [-0.4, -0.2) is 65.4 Å². The van der Waals surface area contributed by atoms with Gasteiger partial charge < -0.3 is 25.2 Å². The first kappa shape index (κ1) is 15.8. The summed E-state index contributed by atoms with van der Waals surface area (Å²) in [6.45, 7) is 0.834. The van der Waals surface area contributed by atoms with Crippen LogP contribution in [0.1, 0.15) is 13.3 Å². The Hall–Kier alpha value is -0.250. The summed E-state index contributed by atoms with van der Waals surface area (Å²) in [5.41, 5.74) is -0.965. The third-order valence-electron chi connectivity index (χ3n) is 2.39. The third-order valence-corrected chi connectivity index (χ3v) is 3.18. The fourth-order valence-electron chi connectivity index (χ4n) is 1.14. The summed E-state index contributed by atoms with van der Waals surface area (Å²) in [7, 11) is -4.48. The molecule has 0 aromatic heterocycles. The molecule has 0 heterocycles. The molecule has 0 rings (SSSR count). The van der Waals surface area contributed by atoms with E-state index in [0.29, 0.717) is 6.42 Å². The van der Waals surface area contributed by atoms with Gasteiger partial charge >= 0.3 is 0 Å². The van der Waals surface area contributed by atoms with Crippen molar-refractivity contribution in [2.75, 3.05) is 25.5 Å². The Kier molecular flexibility index (Phi) is 6.38. The molecular formula is C8H18NO6S-. The van der Waals surface area contributed by atoms with Crippen LogP contribution in [0.3, 0.4) is 0 Å². The van der Waals surface area contributed by atoms with Crippen molar-refractivity contribution in [1.29, 1.82) is 0 Å². The third kappa shape index (κ3) is 5.73. The van der Waals surface area contributed by atoms with Crippen molar-refractivity contribution in [3.05, 3.63) is 0 Å². The highest BCUT2D eigenvalue weighted by molar-refractivity contribution is 7.85. The Labute approximate surface area is 94.9 Å². The maximum Gasteiger partial charge on any atom is 0.0972 e. The summed E-state index contributed by atoms with van der Waals surface area (Å²) in [6.07, 6.45) is -0.955. The lowest BCUT2D eigenvalue weighted by atomic mass is 9.98. The fraction of sp³-hybridized carbons (Fsp3) is 1.00. The second-order valence-electron chi connectivity index (χ2n) is 3.71. The quantitative estimate of drug-likeness (QED) is 0.357. The van der Waals surface area contributed by atoms with Crippen molar-refractivity contribution >= 4 is 10.1 Å². The molecule has 1 unspecified atom stereocenters. The molecule has 0 spiro atoms. The minimum absolute atomic E-state index is 0.184. The maximum absolute atomic E-state index is 10.3. The van der Waals surface area contributed by atoms with E-state index in [-0.39, 0.29) is 19.8 Å². The number of hydrogen-bond acceptors (Lipinski definition) is 7. The smallest absolute Gasteiger partial charge is 0.0972 e. The van der Waals surface area contributed by atoms with Gasteiger partial charge in [0.2, 0.25) is 0 Å². The number of β-amino-alcohol motifs (C(OH)–C–C–N with tert-alkyl or cyclic N) is 1. The van der Waals surface area contributed by atoms with Crippen molar-refractivity contribution in [2.45, 2.75) is 25.0 Å². The number of hydrogen-bond donors (Lipinski definition) is 4. The van der Waals surface area contributed by atoms with Crippen molar-refractivity contribution < 1.29 is 28.3 Å². The van der Waals surface area contributed by atoms with Gasteiger partial charge in [-0.1, -0.05) is 6.92 Å². The topological polar surface area (TPSA) is 130 Å². The van der Waals surface area contributed by atoms with Crippen LogP contribution >= 0.6 is 0 Å². The minimum Gasteiger partial charge on any atom is -0.748 e. The van der Waals surface area contributed by atoms with Crippen molar-refractivity contribution in [3.63, 3.8) is 0 Å². The van der Waals surface area contributed by atoms with Crippen molar-refractivity contribution in [1.82, 2.24) is 5.32 Å². The molecule has 0 bridgehead atoms. The molecule has 0 saturated carbocycles. The van der Waals surface area contributed by atoms with Crippen LogP contribution in [0, 0.1) is 0 Å². The van der Waals surface area contributed by atoms with Gasteiger partial charge in [0.1, 0.15) is 0 Å². The van der Waals surface area contributed by atoms with E-state index >= 15 is 0 Å². The van der Waals surface area contributed by atoms with Crippen LogP contribution in [0.2, 0.25) is 0 Å². The first-order valence-electron chi connectivity index (χ1n) is 4.87. The second kappa shape index (κ2) is 6.48. The molecule has 0 aliphatic carbocycles. The number of aliphatic hydroxyl groups is 3. The van der Waals surface area contributed by atoms with Gasteiger partial charge in [-0.25, -0.2) is 8.42 Å². The molecule has 0 fully saturated rings. The Morgan fingerprint density at radius 1 is 1.38 bits per heavy atom. The maximum atomic E-state index is 10.3. The van der Waals surface area contributed by atoms with Gasteiger partial charge in [-0.05, 0) is 6.42 Å². The van der Waals surface area contributed by atoms with Gasteiger partial charge in [-0.15, -0.1) is 0 Å². The van der Waals surface area contributed by atoms with Gasteiger partial charge in [0, 0.05) is 6.54 Å². The monoisotopic (exact) mass is 256 g/mol. The second-order valence-corrected chi connectivity index (χ2v) is 5.16. The molecule has 0 radical (unpaired) electrons. The Morgan fingerprint density at radius 3 is 2.19 bits per heavy atom. The molecule has 16 heavy (non-hydrogen) atoms. The Morgan fingerprint density at radius 2 is 1.88 bits per heavy atom. The van der Waals surface area contributed by atoms with Gasteiger partial charge in [0.25, 0.3) is 0 Å². The Bertz CT molecular complexity index is 279. The molecule has 0 aromatic rings. The van der Waals surface area contributed by atoms with Gasteiger partial charge in [0.15, 0.2) is 0 Å². The summed E-state index contributed by atoms with van der Waals surface area (Å²) < 4.78 is 31.0. The lowest BCUT2D eigenvalue weighted by Crippen LogP contribution is -2.54. The molecule has 7 nitrogen and oxygen atoms in total. The highest BCUT2D eigenvalue weighted by Gasteiger charge is 2.26. The van der Waals surface area contributed by atoms with E-state index in [0.717, 1.165) is 0 Å². The molecule has 0 aromatic carbocycles. The number of aliphatic hydroxyl groups excluding tert-OH is 3. The highest BCUT2D eigenvalue weighted by atomic mass is 32.2. The average molecular weight is 256 g/mol. The molecule has 0 aliphatic rings. The van der Waals surface area contributed by atoms with Crippen LogP contribution < -0.4 is 5.32 Å². The first-order chi connectivity index (χ1) is 7.28. The predicted molar refractivity (Wildman–Crippen MR) is 55.8 cm³/mol. The van der Waals surface area contributed by atoms with Gasteiger partial charge in [-0.2, -0.15) is 0 Å². The van der Waals surface area contributed by atoms with E-state index in [9.17, 15) is 18.1 Å². The van der Waals surface area contributed by atoms with E-state index in [2.05, 4.69) is 5.32 Å². The van der Waals surface area contributed by atoms with E-state index in [1.165, 1.54) is 0 Å². The van der Waals surface area contributed by atoms with E-state index < -0.39 is 27.5 Å². The number of rotatable bonds is 8. The zero-order valence-corrected chi connectivity index (χ0v) is 9.90. The molecule has 0 amide bonds. The standard InChI is InChI=1S/C8H19NO6S/c1-2-8(5-10,6-11)9-3-7(12)4-16(13,14)15/h7,9-12H,2-6H2,1H3,(H,13,14,15)/p-1. The lowest BCUT2D eigenvalue weighted by Gasteiger charge is -2.31. The van der Waals surface area contributed by atoms with Crippen LogP contribution in [0.5, 0.6) is 0 Å². The number of nitrogens with one attached hydrogen (secondary N) is 1. The van der Waals surface area contributed by atoms with E-state index in [1.807, 2.05) is 0 Å². The predicted octanol–water partition coefficient (Wildman–Crippen LogP) is -2.38. The zero-order chi connectivity index (χ0) is 12.8. The lowest BCUT2D eigenvalue weighted by molar-refractivity contribution is 0.0741. The molecule has 98 valence electrons. The first-order valence-corrected chi connectivity index (χ1v) is 6.44. The SMILES string of the molecule is CCC(CO)(CO)NCC(O)CS(=O)(=O)[O-]. The van der Waals surface area contributed by atoms with E-state index in [1.54, 1.807) is 6.92 Å². The van der Waals surface area contributed by atoms with E-state index in [4.69, 9.17) is 10.2 Å². The average Bonchev–Trinajstić information content (AvgIpc) is 2.18. The van der Waals surface area contributed by atoms with Gasteiger partial charge in [-0.3, -0.25) is 0 Å². The Balaban J connectivity index is 4.21. The van der Waals surface area contributed by atoms with Crippen LogP contribution in [0.25, 0.3) is 0 Å². The molecule has 0 aliphatic heterocycles. The largest absolute Gasteiger partial charge is 0.748 e. The van der Waals surface area contributed by atoms with Crippen molar-refractivity contribution in [2.24, 2.45) is 0 Å². The molecule has 4 N–H and O–H groups in total. The minimum atomic E-state index is -4.48. The van der Waals surface area contributed by atoms with Crippen molar-refractivity contribution in [3.8, 4) is 0 Å². The zero-order valence-electron chi connectivity index (χ0n) is 9.09. The summed E-state index contributed by atoms with van der Waals surface area (Å²) in [5.74, 6) is -0.892. The summed E-state index contributed by atoms with van der Waals surface area (Å²) in [6, 6.07) is 0. The van der Waals surface area contributed by atoms with Crippen LogP contribution in [0.15, 0.2) is 0 Å². The molecular weight excluding hydrogens is 238 g/mol. The van der Waals surface area contributed by atoms with Gasteiger partial charge in [0.05, 0.1) is 40.7 Å². The summed E-state index contributed by atoms with van der Waals surface area (Å²) in [5, 5.41) is 30.0. The highest BCUT2D eigenvalue weighted by Crippen LogP contribution is 2.08. The molecule has 1 atom stereocenters.